The highest BCUT2D eigenvalue weighted by Crippen LogP contribution is 2.19. The molecule has 0 saturated heterocycles. The van der Waals surface area contributed by atoms with E-state index in [0.29, 0.717) is 33.4 Å². The third kappa shape index (κ3) is 5.42. The van der Waals surface area contributed by atoms with E-state index >= 15 is 0 Å². The van der Waals surface area contributed by atoms with E-state index in [1.54, 1.807) is 61.0 Å². The number of rotatable bonds is 7. The van der Waals surface area contributed by atoms with E-state index in [1.165, 1.54) is 18.4 Å². The van der Waals surface area contributed by atoms with Crippen LogP contribution in [-0.2, 0) is 16.0 Å². The fourth-order valence-corrected chi connectivity index (χ4v) is 3.24. The zero-order chi connectivity index (χ0) is 21.5. The van der Waals surface area contributed by atoms with Crippen molar-refractivity contribution in [2.75, 3.05) is 24.9 Å². The number of benzene rings is 2. The lowest BCUT2D eigenvalue weighted by molar-refractivity contribution is -0.115. The van der Waals surface area contributed by atoms with Crippen molar-refractivity contribution in [1.82, 2.24) is 4.98 Å². The first-order valence-corrected chi connectivity index (χ1v) is 9.74. The molecule has 2 amide bonds. The van der Waals surface area contributed by atoms with Gasteiger partial charge in [-0.3, -0.25) is 14.9 Å². The van der Waals surface area contributed by atoms with Crippen LogP contribution in [0.25, 0.3) is 0 Å². The molecule has 0 bridgehead atoms. The third-order valence-corrected chi connectivity index (χ3v) is 4.86. The number of esters is 1. The van der Waals surface area contributed by atoms with Crippen molar-refractivity contribution in [3.8, 4) is 5.75 Å². The van der Waals surface area contributed by atoms with Gasteiger partial charge in [-0.25, -0.2) is 9.78 Å². The molecule has 9 heteroatoms. The Hall–Kier alpha value is -3.72. The van der Waals surface area contributed by atoms with Crippen molar-refractivity contribution >= 4 is 39.9 Å². The summed E-state index contributed by atoms with van der Waals surface area (Å²) in [5.74, 6) is -0.346. The van der Waals surface area contributed by atoms with E-state index < -0.39 is 5.97 Å². The highest BCUT2D eigenvalue weighted by molar-refractivity contribution is 7.14. The molecule has 30 heavy (non-hydrogen) atoms. The standard InChI is InChI=1S/C21H19N3O5S/c1-28-17-9-5-13(6-10-17)19(26)24-21-23-16(12-30-21)11-18(25)22-15-7-3-14(4-8-15)20(27)29-2/h3-10,12H,11H2,1-2H3,(H,22,25)(H,23,24,26). The Morgan fingerprint density at radius 2 is 1.60 bits per heavy atom. The van der Waals surface area contributed by atoms with E-state index in [9.17, 15) is 14.4 Å². The maximum Gasteiger partial charge on any atom is 0.337 e. The van der Waals surface area contributed by atoms with Gasteiger partial charge in [0, 0.05) is 16.6 Å². The van der Waals surface area contributed by atoms with Crippen LogP contribution >= 0.6 is 11.3 Å². The van der Waals surface area contributed by atoms with Gasteiger partial charge < -0.3 is 14.8 Å². The highest BCUT2D eigenvalue weighted by Gasteiger charge is 2.12. The van der Waals surface area contributed by atoms with Gasteiger partial charge >= 0.3 is 5.97 Å². The van der Waals surface area contributed by atoms with Crippen molar-refractivity contribution in [1.29, 1.82) is 0 Å². The zero-order valence-electron chi connectivity index (χ0n) is 16.3. The second-order valence-electron chi connectivity index (χ2n) is 6.12. The van der Waals surface area contributed by atoms with Gasteiger partial charge in [0.2, 0.25) is 5.91 Å². The van der Waals surface area contributed by atoms with E-state index in [4.69, 9.17) is 4.74 Å². The second-order valence-corrected chi connectivity index (χ2v) is 6.98. The second kappa shape index (κ2) is 9.66. The molecule has 0 atom stereocenters. The highest BCUT2D eigenvalue weighted by atomic mass is 32.1. The third-order valence-electron chi connectivity index (χ3n) is 4.06. The number of aromatic nitrogens is 1. The molecule has 2 N–H and O–H groups in total. The molecule has 1 aromatic heterocycles. The molecular formula is C21H19N3O5S. The van der Waals surface area contributed by atoms with Gasteiger partial charge in [-0.2, -0.15) is 0 Å². The van der Waals surface area contributed by atoms with Gasteiger partial charge in [-0.1, -0.05) is 0 Å². The van der Waals surface area contributed by atoms with Crippen molar-refractivity contribution in [2.24, 2.45) is 0 Å². The Kier molecular flexibility index (Phi) is 6.76. The normalized spacial score (nSPS) is 10.2. The van der Waals surface area contributed by atoms with Gasteiger partial charge in [-0.15, -0.1) is 11.3 Å². The van der Waals surface area contributed by atoms with Crippen molar-refractivity contribution in [3.05, 3.63) is 70.7 Å². The van der Waals surface area contributed by atoms with E-state index in [2.05, 4.69) is 20.4 Å². The molecule has 0 unspecified atom stereocenters. The van der Waals surface area contributed by atoms with Crippen LogP contribution < -0.4 is 15.4 Å². The molecule has 0 spiro atoms. The van der Waals surface area contributed by atoms with Gasteiger partial charge in [0.25, 0.3) is 5.91 Å². The maximum atomic E-state index is 12.3. The van der Waals surface area contributed by atoms with Gasteiger partial charge in [0.15, 0.2) is 5.13 Å². The molecule has 0 fully saturated rings. The number of hydrogen-bond donors (Lipinski definition) is 2. The molecule has 8 nitrogen and oxygen atoms in total. The predicted molar refractivity (Wildman–Crippen MR) is 113 cm³/mol. The number of nitrogens with one attached hydrogen (secondary N) is 2. The Bertz CT molecular complexity index is 1050. The molecule has 1 heterocycles. The van der Waals surface area contributed by atoms with E-state index in [0.717, 1.165) is 0 Å². The van der Waals surface area contributed by atoms with Crippen LogP contribution in [0.3, 0.4) is 0 Å². The first kappa shape index (κ1) is 21.0. The largest absolute Gasteiger partial charge is 0.497 e. The van der Waals surface area contributed by atoms with Crippen LogP contribution in [0.15, 0.2) is 53.9 Å². The minimum atomic E-state index is -0.445. The molecule has 0 aliphatic carbocycles. The van der Waals surface area contributed by atoms with Crippen LogP contribution in [0.4, 0.5) is 10.8 Å². The molecule has 0 aliphatic heterocycles. The summed E-state index contributed by atoms with van der Waals surface area (Å²) in [6.45, 7) is 0. The molecule has 3 aromatic rings. The number of ether oxygens (including phenoxy) is 2. The predicted octanol–water partition coefficient (Wildman–Crippen LogP) is 3.37. The average molecular weight is 425 g/mol. The maximum absolute atomic E-state index is 12.3. The van der Waals surface area contributed by atoms with Crippen LogP contribution in [0.1, 0.15) is 26.4 Å². The number of methoxy groups -OCH3 is 2. The number of nitrogens with zero attached hydrogens (tertiary/aromatic N) is 1. The van der Waals surface area contributed by atoms with E-state index in [1.807, 2.05) is 0 Å². The number of thiazole rings is 1. The van der Waals surface area contributed by atoms with Crippen molar-refractivity contribution < 1.29 is 23.9 Å². The quantitative estimate of drug-likeness (QED) is 0.562. The Labute approximate surface area is 176 Å². The number of anilines is 2. The van der Waals surface area contributed by atoms with Gasteiger partial charge in [-0.05, 0) is 48.5 Å². The van der Waals surface area contributed by atoms with Gasteiger partial charge in [0.05, 0.1) is 31.9 Å². The average Bonchev–Trinajstić information content (AvgIpc) is 3.20. The minimum absolute atomic E-state index is 0.0493. The summed E-state index contributed by atoms with van der Waals surface area (Å²) >= 11 is 1.24. The fraction of sp³-hybridized carbons (Fsp3) is 0.143. The summed E-state index contributed by atoms with van der Waals surface area (Å²) in [7, 11) is 2.86. The number of carbonyl (C=O) groups excluding carboxylic acids is 3. The topological polar surface area (TPSA) is 107 Å². The molecule has 154 valence electrons. The van der Waals surface area contributed by atoms with Crippen LogP contribution in [-0.4, -0.2) is 37.0 Å². The summed E-state index contributed by atoms with van der Waals surface area (Å²) in [5, 5.41) is 7.56. The lowest BCUT2D eigenvalue weighted by Gasteiger charge is -2.05. The summed E-state index contributed by atoms with van der Waals surface area (Å²) < 4.78 is 9.71. The summed E-state index contributed by atoms with van der Waals surface area (Å²) in [5.41, 5.74) is 1.96. The molecule has 3 rings (SSSR count). The number of hydrogen-bond acceptors (Lipinski definition) is 7. The molecular weight excluding hydrogens is 406 g/mol. The zero-order valence-corrected chi connectivity index (χ0v) is 17.1. The lowest BCUT2D eigenvalue weighted by atomic mass is 10.2. The summed E-state index contributed by atoms with van der Waals surface area (Å²) in [6.07, 6.45) is 0.0493. The first-order chi connectivity index (χ1) is 14.5. The van der Waals surface area contributed by atoms with Gasteiger partial charge in [0.1, 0.15) is 5.75 Å². The molecule has 0 radical (unpaired) electrons. The monoisotopic (exact) mass is 425 g/mol. The summed E-state index contributed by atoms with van der Waals surface area (Å²) in [4.78, 5) is 40.2. The Morgan fingerprint density at radius 3 is 2.23 bits per heavy atom. The Balaban J connectivity index is 1.54. The van der Waals surface area contributed by atoms with E-state index in [-0.39, 0.29) is 18.2 Å². The fourth-order valence-electron chi connectivity index (χ4n) is 2.53. The number of amides is 2. The van der Waals surface area contributed by atoms with Crippen molar-refractivity contribution in [3.63, 3.8) is 0 Å². The first-order valence-electron chi connectivity index (χ1n) is 8.86. The van der Waals surface area contributed by atoms with Crippen LogP contribution in [0.2, 0.25) is 0 Å². The summed E-state index contributed by atoms with van der Waals surface area (Å²) in [6, 6.07) is 13.1. The van der Waals surface area contributed by atoms with Crippen molar-refractivity contribution in [2.45, 2.75) is 6.42 Å². The molecule has 0 saturated carbocycles. The number of carbonyl (C=O) groups is 3. The SMILES string of the molecule is COC(=O)c1ccc(NC(=O)Cc2csc(NC(=O)c3ccc(OC)cc3)n2)cc1. The molecule has 2 aromatic carbocycles. The molecule has 0 aliphatic rings. The smallest absolute Gasteiger partial charge is 0.337 e. The van der Waals surface area contributed by atoms with Crippen LogP contribution in [0, 0.1) is 0 Å². The minimum Gasteiger partial charge on any atom is -0.497 e. The van der Waals surface area contributed by atoms with Crippen LogP contribution in [0.5, 0.6) is 5.75 Å². The Morgan fingerprint density at radius 1 is 0.933 bits per heavy atom. The lowest BCUT2D eigenvalue weighted by Crippen LogP contribution is -2.15.